The van der Waals surface area contributed by atoms with Crippen molar-refractivity contribution in [1.82, 2.24) is 15.1 Å². The Bertz CT molecular complexity index is 865. The Morgan fingerprint density at radius 3 is 2.88 bits per heavy atom. The van der Waals surface area contributed by atoms with Gasteiger partial charge in [-0.05, 0) is 12.1 Å². The van der Waals surface area contributed by atoms with Crippen LogP contribution in [0, 0.1) is 5.82 Å². The van der Waals surface area contributed by atoms with E-state index < -0.39 is 27.6 Å². The van der Waals surface area contributed by atoms with Crippen LogP contribution in [0.5, 0.6) is 0 Å². The summed E-state index contributed by atoms with van der Waals surface area (Å²) in [6, 6.07) is 5.00. The van der Waals surface area contributed by atoms with Crippen LogP contribution in [0.3, 0.4) is 0 Å². The Morgan fingerprint density at radius 1 is 1.42 bits per heavy atom. The lowest BCUT2D eigenvalue weighted by Gasteiger charge is -2.35. The van der Waals surface area contributed by atoms with Gasteiger partial charge in [-0.1, -0.05) is 12.1 Å². The van der Waals surface area contributed by atoms with Crippen molar-refractivity contribution < 1.29 is 22.3 Å². The minimum atomic E-state index is -3.52. The van der Waals surface area contributed by atoms with E-state index in [9.17, 15) is 17.6 Å². The Balaban J connectivity index is 2.00. The lowest BCUT2D eigenvalue weighted by atomic mass is 10.1. The number of carbonyl (C=O) groups is 1. The number of aromatic nitrogens is 2. The fraction of sp³-hybridized carbons (Fsp3) is 0.333. The van der Waals surface area contributed by atoms with E-state index in [2.05, 4.69) is 10.2 Å². The zero-order valence-corrected chi connectivity index (χ0v) is 13.7. The first kappa shape index (κ1) is 16.6. The minimum Gasteiger partial charge on any atom is -0.377 e. The Hall–Kier alpha value is -2.26. The number of nitrogens with one attached hydrogen (secondary N) is 1. The van der Waals surface area contributed by atoms with Gasteiger partial charge in [-0.2, -0.15) is 5.10 Å². The summed E-state index contributed by atoms with van der Waals surface area (Å²) in [7, 11) is -3.52. The average molecular weight is 353 g/mol. The summed E-state index contributed by atoms with van der Waals surface area (Å²) in [6.45, 7) is 0.615. The van der Waals surface area contributed by atoms with Gasteiger partial charge in [0.15, 0.2) is 9.84 Å². The maximum atomic E-state index is 13.9. The lowest BCUT2D eigenvalue weighted by Crippen LogP contribution is -2.44. The first-order valence-electron chi connectivity index (χ1n) is 7.26. The molecule has 1 amide bonds. The minimum absolute atomic E-state index is 0.00401. The summed E-state index contributed by atoms with van der Waals surface area (Å²) in [6.07, 6.45) is 2.26. The highest BCUT2D eigenvalue weighted by Gasteiger charge is 2.34. The molecule has 1 saturated heterocycles. The van der Waals surface area contributed by atoms with Crippen molar-refractivity contribution in [1.29, 1.82) is 0 Å². The standard InChI is InChI=1S/C15H16FN3O4S/c1-24(21,22)13-8-17-18-14(13)12-9-23-7-6-19(12)15(20)10-4-2-3-5-11(10)16/h2-5,8,12H,6-7,9H2,1H3,(H,17,18). The molecule has 7 nitrogen and oxygen atoms in total. The highest BCUT2D eigenvalue weighted by atomic mass is 32.2. The van der Waals surface area contributed by atoms with Crippen molar-refractivity contribution in [2.75, 3.05) is 26.0 Å². The maximum absolute atomic E-state index is 13.9. The van der Waals surface area contributed by atoms with Crippen molar-refractivity contribution in [2.24, 2.45) is 0 Å². The summed E-state index contributed by atoms with van der Waals surface area (Å²) in [5.41, 5.74) is 0.201. The van der Waals surface area contributed by atoms with Crippen LogP contribution in [0.1, 0.15) is 22.1 Å². The SMILES string of the molecule is CS(=O)(=O)c1cn[nH]c1C1COCCN1C(=O)c1ccccc1F. The molecule has 0 saturated carbocycles. The molecular weight excluding hydrogens is 337 g/mol. The molecule has 1 aliphatic rings. The summed E-state index contributed by atoms with van der Waals surface area (Å²) in [5.74, 6) is -1.14. The number of morpholine rings is 1. The molecule has 1 N–H and O–H groups in total. The molecule has 3 rings (SSSR count). The lowest BCUT2D eigenvalue weighted by molar-refractivity contribution is -0.00491. The quantitative estimate of drug-likeness (QED) is 0.894. The smallest absolute Gasteiger partial charge is 0.257 e. The van der Waals surface area contributed by atoms with Gasteiger partial charge in [-0.3, -0.25) is 9.89 Å². The third-order valence-corrected chi connectivity index (χ3v) is 4.98. The fourth-order valence-electron chi connectivity index (χ4n) is 2.69. The summed E-state index contributed by atoms with van der Waals surface area (Å²) >= 11 is 0. The predicted octanol–water partition coefficient (Wildman–Crippen LogP) is 1.17. The second kappa shape index (κ2) is 6.33. The fourth-order valence-corrected chi connectivity index (χ4v) is 3.52. The molecule has 0 aliphatic carbocycles. The Labute approximate surface area is 138 Å². The van der Waals surface area contributed by atoms with E-state index in [0.29, 0.717) is 6.61 Å². The molecule has 24 heavy (non-hydrogen) atoms. The van der Waals surface area contributed by atoms with Crippen LogP contribution < -0.4 is 0 Å². The molecule has 0 spiro atoms. The zero-order chi connectivity index (χ0) is 17.3. The number of halogens is 1. The first-order valence-corrected chi connectivity index (χ1v) is 9.15. The molecule has 0 bridgehead atoms. The number of nitrogens with zero attached hydrogens (tertiary/aromatic N) is 2. The highest BCUT2D eigenvalue weighted by Crippen LogP contribution is 2.29. The number of H-pyrrole nitrogens is 1. The van der Waals surface area contributed by atoms with Gasteiger partial charge in [-0.15, -0.1) is 0 Å². The van der Waals surface area contributed by atoms with Gasteiger partial charge in [0.2, 0.25) is 0 Å². The number of ether oxygens (including phenoxy) is 1. The second-order valence-corrected chi connectivity index (χ2v) is 7.47. The summed E-state index contributed by atoms with van der Waals surface area (Å²) < 4.78 is 43.1. The molecule has 1 atom stereocenters. The van der Waals surface area contributed by atoms with Gasteiger partial charge >= 0.3 is 0 Å². The topological polar surface area (TPSA) is 92.4 Å². The van der Waals surface area contributed by atoms with Crippen molar-refractivity contribution in [3.05, 3.63) is 47.5 Å². The van der Waals surface area contributed by atoms with Crippen LogP contribution in [0.2, 0.25) is 0 Å². The Kier molecular flexibility index (Phi) is 4.37. The second-order valence-electron chi connectivity index (χ2n) is 5.49. The van der Waals surface area contributed by atoms with E-state index >= 15 is 0 Å². The number of benzene rings is 1. The molecule has 1 aromatic carbocycles. The van der Waals surface area contributed by atoms with Gasteiger partial charge in [0.25, 0.3) is 5.91 Å². The van der Waals surface area contributed by atoms with Crippen LogP contribution >= 0.6 is 0 Å². The van der Waals surface area contributed by atoms with Crippen LogP contribution in [0.4, 0.5) is 4.39 Å². The normalized spacial score (nSPS) is 18.6. The third kappa shape index (κ3) is 3.04. The van der Waals surface area contributed by atoms with E-state index in [-0.39, 0.29) is 29.3 Å². The summed E-state index contributed by atoms with van der Waals surface area (Å²) in [5, 5.41) is 6.41. The summed E-state index contributed by atoms with van der Waals surface area (Å²) in [4.78, 5) is 14.1. The van der Waals surface area contributed by atoms with Crippen LogP contribution in [0.15, 0.2) is 35.4 Å². The maximum Gasteiger partial charge on any atom is 0.257 e. The molecule has 1 aliphatic heterocycles. The Morgan fingerprint density at radius 2 is 2.17 bits per heavy atom. The molecule has 2 heterocycles. The van der Waals surface area contributed by atoms with Crippen molar-refractivity contribution in [2.45, 2.75) is 10.9 Å². The number of aromatic amines is 1. The molecule has 9 heteroatoms. The van der Waals surface area contributed by atoms with E-state index in [0.717, 1.165) is 6.26 Å². The predicted molar refractivity (Wildman–Crippen MR) is 82.7 cm³/mol. The number of rotatable bonds is 3. The number of hydrogen-bond donors (Lipinski definition) is 1. The molecule has 128 valence electrons. The monoisotopic (exact) mass is 353 g/mol. The third-order valence-electron chi connectivity index (χ3n) is 3.86. The van der Waals surface area contributed by atoms with Crippen molar-refractivity contribution >= 4 is 15.7 Å². The van der Waals surface area contributed by atoms with Gasteiger partial charge in [0.1, 0.15) is 10.7 Å². The number of sulfone groups is 1. The van der Waals surface area contributed by atoms with E-state index in [1.807, 2.05) is 0 Å². The van der Waals surface area contributed by atoms with Gasteiger partial charge in [0, 0.05) is 12.8 Å². The number of carbonyl (C=O) groups excluding carboxylic acids is 1. The number of amides is 1. The van der Waals surface area contributed by atoms with Crippen LogP contribution in [0.25, 0.3) is 0 Å². The first-order chi connectivity index (χ1) is 11.4. The van der Waals surface area contributed by atoms with E-state index in [1.165, 1.54) is 29.3 Å². The van der Waals surface area contributed by atoms with Gasteiger partial charge in [0.05, 0.1) is 36.7 Å². The van der Waals surface area contributed by atoms with Crippen LogP contribution in [-0.4, -0.2) is 55.4 Å². The number of hydrogen-bond acceptors (Lipinski definition) is 5. The average Bonchev–Trinajstić information content (AvgIpc) is 3.04. The molecule has 1 fully saturated rings. The highest BCUT2D eigenvalue weighted by molar-refractivity contribution is 7.90. The van der Waals surface area contributed by atoms with Crippen molar-refractivity contribution in [3.8, 4) is 0 Å². The molecule has 1 unspecified atom stereocenters. The zero-order valence-electron chi connectivity index (χ0n) is 12.9. The van der Waals surface area contributed by atoms with E-state index in [4.69, 9.17) is 4.74 Å². The molecular formula is C15H16FN3O4S. The molecule has 0 radical (unpaired) electrons. The van der Waals surface area contributed by atoms with Gasteiger partial charge in [-0.25, -0.2) is 12.8 Å². The van der Waals surface area contributed by atoms with Gasteiger partial charge < -0.3 is 9.64 Å². The largest absolute Gasteiger partial charge is 0.377 e. The molecule has 1 aromatic heterocycles. The van der Waals surface area contributed by atoms with Crippen molar-refractivity contribution in [3.63, 3.8) is 0 Å². The van der Waals surface area contributed by atoms with E-state index in [1.54, 1.807) is 6.07 Å². The molecule has 2 aromatic rings. The van der Waals surface area contributed by atoms with Crippen LogP contribution in [-0.2, 0) is 14.6 Å².